The topological polar surface area (TPSA) is 29.3 Å². The van der Waals surface area contributed by atoms with E-state index >= 15 is 0 Å². The third-order valence-corrected chi connectivity index (χ3v) is 3.65. The first-order valence-electron chi connectivity index (χ1n) is 6.51. The van der Waals surface area contributed by atoms with Gasteiger partial charge in [-0.05, 0) is 30.3 Å². The van der Waals surface area contributed by atoms with Crippen molar-refractivity contribution in [3.63, 3.8) is 0 Å². The molecule has 0 amide bonds. The zero-order chi connectivity index (χ0) is 14.5. The summed E-state index contributed by atoms with van der Waals surface area (Å²) >= 11 is 5.85. The van der Waals surface area contributed by atoms with Crippen molar-refractivity contribution in [1.82, 2.24) is 4.90 Å². The van der Waals surface area contributed by atoms with E-state index in [-0.39, 0.29) is 11.1 Å². The van der Waals surface area contributed by atoms with E-state index in [1.54, 1.807) is 12.1 Å². The van der Waals surface area contributed by atoms with Crippen molar-refractivity contribution >= 4 is 11.6 Å². The lowest BCUT2D eigenvalue weighted by molar-refractivity contribution is 0.241. The van der Waals surface area contributed by atoms with Gasteiger partial charge >= 0.3 is 0 Å². The molecule has 20 heavy (non-hydrogen) atoms. The van der Waals surface area contributed by atoms with Crippen LogP contribution in [0.4, 0.5) is 4.39 Å². The van der Waals surface area contributed by atoms with Crippen LogP contribution in [0.15, 0.2) is 48.5 Å². The van der Waals surface area contributed by atoms with Crippen molar-refractivity contribution in [3.8, 4) is 0 Å². The maximum absolute atomic E-state index is 13.2. The monoisotopic (exact) mass is 292 g/mol. The molecule has 0 saturated heterocycles. The van der Waals surface area contributed by atoms with Crippen LogP contribution in [0.25, 0.3) is 0 Å². The molecule has 2 aromatic rings. The van der Waals surface area contributed by atoms with Crippen LogP contribution in [-0.4, -0.2) is 18.5 Å². The highest BCUT2D eigenvalue weighted by atomic mass is 35.5. The third-order valence-electron chi connectivity index (χ3n) is 3.36. The van der Waals surface area contributed by atoms with Gasteiger partial charge in [0.1, 0.15) is 5.82 Å². The van der Waals surface area contributed by atoms with Crippen LogP contribution in [0.1, 0.15) is 17.2 Å². The highest BCUT2D eigenvalue weighted by Crippen LogP contribution is 2.24. The summed E-state index contributed by atoms with van der Waals surface area (Å²) in [5.41, 5.74) is 8.01. The van der Waals surface area contributed by atoms with Gasteiger partial charge in [0.2, 0.25) is 0 Å². The lowest BCUT2D eigenvalue weighted by Gasteiger charge is -2.27. The average molecular weight is 293 g/mol. The number of rotatable bonds is 5. The Hall–Kier alpha value is -1.42. The van der Waals surface area contributed by atoms with Gasteiger partial charge in [0.25, 0.3) is 0 Å². The molecule has 0 aliphatic heterocycles. The highest BCUT2D eigenvalue weighted by molar-refractivity contribution is 6.30. The SMILES string of the molecule is CN(Cc1ccccc1)C(CN)c1ccc(F)c(Cl)c1. The first-order chi connectivity index (χ1) is 9.61. The molecule has 2 rings (SSSR count). The molecule has 2 aromatic carbocycles. The van der Waals surface area contributed by atoms with Crippen molar-refractivity contribution in [2.45, 2.75) is 12.6 Å². The van der Waals surface area contributed by atoms with Gasteiger partial charge in [0.05, 0.1) is 5.02 Å². The Morgan fingerprint density at radius 3 is 2.50 bits per heavy atom. The molecule has 0 saturated carbocycles. The summed E-state index contributed by atoms with van der Waals surface area (Å²) in [6, 6.07) is 14.9. The van der Waals surface area contributed by atoms with Gasteiger partial charge in [0.15, 0.2) is 0 Å². The fraction of sp³-hybridized carbons (Fsp3) is 0.250. The lowest BCUT2D eigenvalue weighted by atomic mass is 10.0. The fourth-order valence-corrected chi connectivity index (χ4v) is 2.46. The second-order valence-corrected chi connectivity index (χ2v) is 5.23. The number of nitrogens with zero attached hydrogens (tertiary/aromatic N) is 1. The van der Waals surface area contributed by atoms with Gasteiger partial charge in [-0.1, -0.05) is 48.0 Å². The van der Waals surface area contributed by atoms with E-state index in [0.29, 0.717) is 6.54 Å². The predicted molar refractivity (Wildman–Crippen MR) is 81.1 cm³/mol. The van der Waals surface area contributed by atoms with E-state index < -0.39 is 5.82 Å². The maximum atomic E-state index is 13.2. The molecule has 0 heterocycles. The van der Waals surface area contributed by atoms with Crippen molar-refractivity contribution < 1.29 is 4.39 Å². The largest absolute Gasteiger partial charge is 0.329 e. The normalized spacial score (nSPS) is 12.7. The molecule has 4 heteroatoms. The third kappa shape index (κ3) is 3.57. The van der Waals surface area contributed by atoms with E-state index in [1.165, 1.54) is 11.6 Å². The van der Waals surface area contributed by atoms with Crippen molar-refractivity contribution in [3.05, 3.63) is 70.5 Å². The number of likely N-dealkylation sites (N-methyl/N-ethyl adjacent to an activating group) is 1. The van der Waals surface area contributed by atoms with Gasteiger partial charge in [-0.3, -0.25) is 4.90 Å². The first-order valence-corrected chi connectivity index (χ1v) is 6.89. The van der Waals surface area contributed by atoms with E-state index in [0.717, 1.165) is 12.1 Å². The second-order valence-electron chi connectivity index (χ2n) is 4.83. The highest BCUT2D eigenvalue weighted by Gasteiger charge is 2.16. The summed E-state index contributed by atoms with van der Waals surface area (Å²) in [6.45, 7) is 1.23. The fourth-order valence-electron chi connectivity index (χ4n) is 2.27. The van der Waals surface area contributed by atoms with Crippen molar-refractivity contribution in [2.24, 2.45) is 5.73 Å². The molecule has 0 fully saturated rings. The summed E-state index contributed by atoms with van der Waals surface area (Å²) < 4.78 is 13.2. The van der Waals surface area contributed by atoms with Crippen LogP contribution in [0.2, 0.25) is 5.02 Å². The Kier molecular flexibility index (Phi) is 5.12. The van der Waals surface area contributed by atoms with Gasteiger partial charge in [-0.2, -0.15) is 0 Å². The van der Waals surface area contributed by atoms with Crippen LogP contribution >= 0.6 is 11.6 Å². The smallest absolute Gasteiger partial charge is 0.141 e. The van der Waals surface area contributed by atoms with E-state index in [9.17, 15) is 4.39 Å². The minimum atomic E-state index is -0.406. The zero-order valence-electron chi connectivity index (χ0n) is 11.4. The van der Waals surface area contributed by atoms with Gasteiger partial charge in [-0.25, -0.2) is 4.39 Å². The predicted octanol–water partition coefficient (Wildman–Crippen LogP) is 3.61. The molecular formula is C16H18ClFN2. The Morgan fingerprint density at radius 2 is 1.90 bits per heavy atom. The van der Waals surface area contributed by atoms with Gasteiger partial charge in [0, 0.05) is 19.1 Å². The van der Waals surface area contributed by atoms with Crippen molar-refractivity contribution in [1.29, 1.82) is 0 Å². The Labute approximate surface area is 124 Å². The van der Waals surface area contributed by atoms with E-state index in [1.807, 2.05) is 25.2 Å². The quantitative estimate of drug-likeness (QED) is 0.912. The molecule has 0 aromatic heterocycles. The molecule has 0 aliphatic carbocycles. The minimum absolute atomic E-state index is 0.00769. The summed E-state index contributed by atoms with van der Waals surface area (Å²) in [6.07, 6.45) is 0. The molecule has 1 atom stereocenters. The average Bonchev–Trinajstić information content (AvgIpc) is 2.44. The second kappa shape index (κ2) is 6.84. The van der Waals surface area contributed by atoms with Crippen LogP contribution < -0.4 is 5.73 Å². The van der Waals surface area contributed by atoms with Crippen LogP contribution in [-0.2, 0) is 6.54 Å². The lowest BCUT2D eigenvalue weighted by Crippen LogP contribution is -2.30. The summed E-state index contributed by atoms with van der Waals surface area (Å²) in [5.74, 6) is -0.406. The molecular weight excluding hydrogens is 275 g/mol. The van der Waals surface area contributed by atoms with Crippen LogP contribution in [0.3, 0.4) is 0 Å². The number of hydrogen-bond donors (Lipinski definition) is 1. The Balaban J connectivity index is 2.16. The molecule has 1 unspecified atom stereocenters. The maximum Gasteiger partial charge on any atom is 0.141 e. The number of hydrogen-bond acceptors (Lipinski definition) is 2. The van der Waals surface area contributed by atoms with E-state index in [4.69, 9.17) is 17.3 Å². The molecule has 106 valence electrons. The van der Waals surface area contributed by atoms with Gasteiger partial charge < -0.3 is 5.73 Å². The standard InChI is InChI=1S/C16H18ClFN2/c1-20(11-12-5-3-2-4-6-12)16(10-19)13-7-8-15(18)14(17)9-13/h2-9,16H,10-11,19H2,1H3. The summed E-state index contributed by atoms with van der Waals surface area (Å²) in [4.78, 5) is 2.14. The van der Waals surface area contributed by atoms with Crippen LogP contribution in [0, 0.1) is 5.82 Å². The van der Waals surface area contributed by atoms with Gasteiger partial charge in [-0.15, -0.1) is 0 Å². The molecule has 0 bridgehead atoms. The number of benzene rings is 2. The Morgan fingerprint density at radius 1 is 1.20 bits per heavy atom. The minimum Gasteiger partial charge on any atom is -0.329 e. The molecule has 2 nitrogen and oxygen atoms in total. The molecule has 2 N–H and O–H groups in total. The zero-order valence-corrected chi connectivity index (χ0v) is 12.1. The molecule has 0 radical (unpaired) electrons. The molecule has 0 aliphatic rings. The Bertz CT molecular complexity index is 560. The van der Waals surface area contributed by atoms with E-state index in [2.05, 4.69) is 17.0 Å². The van der Waals surface area contributed by atoms with Crippen LogP contribution in [0.5, 0.6) is 0 Å². The molecule has 0 spiro atoms. The summed E-state index contributed by atoms with van der Waals surface area (Å²) in [7, 11) is 2.00. The number of halogens is 2. The van der Waals surface area contributed by atoms with Crippen molar-refractivity contribution in [2.75, 3.05) is 13.6 Å². The summed E-state index contributed by atoms with van der Waals surface area (Å²) in [5, 5.41) is 0.133. The first kappa shape index (κ1) is 15.0. The number of nitrogens with two attached hydrogens (primary N) is 1.